The van der Waals surface area contributed by atoms with Crippen molar-refractivity contribution in [3.8, 4) is 0 Å². The molecular weight excluding hydrogens is 251 g/mol. The Bertz CT molecular complexity index is 385. The topological polar surface area (TPSA) is 85.1 Å². The van der Waals surface area contributed by atoms with E-state index in [1.54, 1.807) is 6.92 Å². The molecule has 18 heavy (non-hydrogen) atoms. The number of alkyl halides is 3. The number of nitrogens with zero attached hydrogens (tertiary/aromatic N) is 2. The molecule has 6 nitrogen and oxygen atoms in total. The standard InChI is InChI=1S/C9H14F3N5O/c1-2-18-4-8-15-6(3-7(16-8)17-13)14-5-9(10,11)12/h3H,2,4-5,13H2,1H3,(H2,14,15,16,17). The van der Waals surface area contributed by atoms with Crippen LogP contribution in [0, 0.1) is 0 Å². The molecule has 0 aliphatic carbocycles. The molecule has 0 unspecified atom stereocenters. The molecule has 0 saturated carbocycles. The van der Waals surface area contributed by atoms with Gasteiger partial charge < -0.3 is 15.5 Å². The summed E-state index contributed by atoms with van der Waals surface area (Å²) >= 11 is 0. The SMILES string of the molecule is CCOCc1nc(NN)cc(NCC(F)(F)F)n1. The zero-order chi connectivity index (χ0) is 13.6. The molecule has 0 atom stereocenters. The molecule has 0 aliphatic rings. The van der Waals surface area contributed by atoms with Crippen molar-refractivity contribution in [2.45, 2.75) is 19.7 Å². The van der Waals surface area contributed by atoms with E-state index in [1.807, 2.05) is 0 Å². The van der Waals surface area contributed by atoms with Gasteiger partial charge in [0.05, 0.1) is 0 Å². The minimum atomic E-state index is -4.32. The lowest BCUT2D eigenvalue weighted by molar-refractivity contribution is -0.115. The van der Waals surface area contributed by atoms with Crippen molar-refractivity contribution in [3.63, 3.8) is 0 Å². The Morgan fingerprint density at radius 3 is 2.56 bits per heavy atom. The van der Waals surface area contributed by atoms with Crippen molar-refractivity contribution in [2.24, 2.45) is 5.84 Å². The Balaban J connectivity index is 2.76. The number of nitrogens with two attached hydrogens (primary N) is 1. The van der Waals surface area contributed by atoms with Gasteiger partial charge in [-0.25, -0.2) is 15.8 Å². The highest BCUT2D eigenvalue weighted by atomic mass is 19.4. The average Bonchev–Trinajstić information content (AvgIpc) is 2.32. The van der Waals surface area contributed by atoms with Crippen LogP contribution in [-0.4, -0.2) is 29.3 Å². The molecule has 0 radical (unpaired) electrons. The minimum Gasteiger partial charge on any atom is -0.374 e. The summed E-state index contributed by atoms with van der Waals surface area (Å²) in [7, 11) is 0. The van der Waals surface area contributed by atoms with Crippen molar-refractivity contribution in [3.05, 3.63) is 11.9 Å². The van der Waals surface area contributed by atoms with Crippen LogP contribution in [0.2, 0.25) is 0 Å². The third-order valence-corrected chi connectivity index (χ3v) is 1.83. The largest absolute Gasteiger partial charge is 0.405 e. The van der Waals surface area contributed by atoms with E-state index in [4.69, 9.17) is 10.6 Å². The maximum atomic E-state index is 12.1. The second kappa shape index (κ2) is 6.36. The molecule has 1 heterocycles. The van der Waals surface area contributed by atoms with E-state index in [0.717, 1.165) is 0 Å². The molecule has 0 fully saturated rings. The molecule has 0 aromatic carbocycles. The van der Waals surface area contributed by atoms with Crippen LogP contribution in [0.5, 0.6) is 0 Å². The molecule has 1 aromatic rings. The van der Waals surface area contributed by atoms with Gasteiger partial charge in [0, 0.05) is 12.7 Å². The van der Waals surface area contributed by atoms with Gasteiger partial charge in [-0.1, -0.05) is 0 Å². The number of rotatable bonds is 6. The highest BCUT2D eigenvalue weighted by molar-refractivity contribution is 5.46. The summed E-state index contributed by atoms with van der Waals surface area (Å²) in [4.78, 5) is 7.82. The second-order valence-electron chi connectivity index (χ2n) is 3.30. The van der Waals surface area contributed by atoms with Gasteiger partial charge in [0.2, 0.25) is 0 Å². The van der Waals surface area contributed by atoms with Crippen LogP contribution in [0.25, 0.3) is 0 Å². The zero-order valence-corrected chi connectivity index (χ0v) is 9.71. The number of nitrogen functional groups attached to an aromatic ring is 1. The Kier molecular flexibility index (Phi) is 5.10. The maximum Gasteiger partial charge on any atom is 0.405 e. The lowest BCUT2D eigenvalue weighted by atomic mass is 10.4. The predicted molar refractivity (Wildman–Crippen MR) is 59.7 cm³/mol. The van der Waals surface area contributed by atoms with E-state index in [2.05, 4.69) is 20.7 Å². The van der Waals surface area contributed by atoms with Gasteiger partial charge in [-0.3, -0.25) is 0 Å². The normalized spacial score (nSPS) is 11.4. The van der Waals surface area contributed by atoms with Crippen LogP contribution >= 0.6 is 0 Å². The van der Waals surface area contributed by atoms with Crippen molar-refractivity contribution in [1.29, 1.82) is 0 Å². The van der Waals surface area contributed by atoms with Crippen molar-refractivity contribution in [1.82, 2.24) is 9.97 Å². The molecule has 102 valence electrons. The Labute approximate surface area is 102 Å². The van der Waals surface area contributed by atoms with Gasteiger partial charge in [0.25, 0.3) is 0 Å². The summed E-state index contributed by atoms with van der Waals surface area (Å²) in [5, 5.41) is 2.15. The van der Waals surface area contributed by atoms with Gasteiger partial charge in [-0.2, -0.15) is 13.2 Å². The molecule has 0 aliphatic heterocycles. The van der Waals surface area contributed by atoms with Crippen molar-refractivity contribution >= 4 is 11.6 Å². The number of anilines is 2. The lowest BCUT2D eigenvalue weighted by Gasteiger charge is -2.11. The molecule has 9 heteroatoms. The van der Waals surface area contributed by atoms with E-state index < -0.39 is 12.7 Å². The summed E-state index contributed by atoms with van der Waals surface area (Å²) < 4.78 is 41.2. The average molecular weight is 265 g/mol. The van der Waals surface area contributed by atoms with Gasteiger partial charge in [-0.05, 0) is 6.92 Å². The van der Waals surface area contributed by atoms with E-state index in [9.17, 15) is 13.2 Å². The molecule has 4 N–H and O–H groups in total. The molecule has 0 bridgehead atoms. The monoisotopic (exact) mass is 265 g/mol. The van der Waals surface area contributed by atoms with E-state index >= 15 is 0 Å². The fourth-order valence-electron chi connectivity index (χ4n) is 1.11. The number of hydrazine groups is 1. The molecule has 1 rings (SSSR count). The second-order valence-corrected chi connectivity index (χ2v) is 3.30. The number of halogens is 3. The number of nitrogens with one attached hydrogen (secondary N) is 2. The molecule has 0 saturated heterocycles. The lowest BCUT2D eigenvalue weighted by Crippen LogP contribution is -2.22. The van der Waals surface area contributed by atoms with Crippen LogP contribution in [0.4, 0.5) is 24.8 Å². The van der Waals surface area contributed by atoms with Crippen molar-refractivity contribution in [2.75, 3.05) is 23.9 Å². The summed E-state index contributed by atoms with van der Waals surface area (Å²) in [6, 6.07) is 1.28. The number of aromatic nitrogens is 2. The highest BCUT2D eigenvalue weighted by Gasteiger charge is 2.26. The first kappa shape index (κ1) is 14.5. The fraction of sp³-hybridized carbons (Fsp3) is 0.556. The van der Waals surface area contributed by atoms with E-state index in [-0.39, 0.29) is 24.1 Å². The van der Waals surface area contributed by atoms with E-state index in [1.165, 1.54) is 6.07 Å². The van der Waals surface area contributed by atoms with Gasteiger partial charge in [-0.15, -0.1) is 0 Å². The zero-order valence-electron chi connectivity index (χ0n) is 9.71. The van der Waals surface area contributed by atoms with E-state index in [0.29, 0.717) is 6.61 Å². The van der Waals surface area contributed by atoms with Gasteiger partial charge >= 0.3 is 6.18 Å². The first-order valence-electron chi connectivity index (χ1n) is 5.17. The van der Waals surface area contributed by atoms with Crippen molar-refractivity contribution < 1.29 is 17.9 Å². The first-order valence-corrected chi connectivity index (χ1v) is 5.17. The Morgan fingerprint density at radius 1 is 1.33 bits per heavy atom. The van der Waals surface area contributed by atoms with Gasteiger partial charge in [0.1, 0.15) is 24.8 Å². The highest BCUT2D eigenvalue weighted by Crippen LogP contribution is 2.17. The molecular formula is C9H14F3N5O. The fourth-order valence-corrected chi connectivity index (χ4v) is 1.11. The predicted octanol–water partition coefficient (Wildman–Crippen LogP) is 1.27. The van der Waals surface area contributed by atoms with Crippen LogP contribution in [0.1, 0.15) is 12.7 Å². The minimum absolute atomic E-state index is 0.0324. The molecule has 0 spiro atoms. The number of ether oxygens (including phenoxy) is 1. The van der Waals surface area contributed by atoms with Crippen LogP contribution < -0.4 is 16.6 Å². The Morgan fingerprint density at radius 2 is 2.00 bits per heavy atom. The molecule has 0 amide bonds. The Hall–Kier alpha value is -1.61. The number of hydrogen-bond acceptors (Lipinski definition) is 6. The third-order valence-electron chi connectivity index (χ3n) is 1.83. The number of hydrogen-bond donors (Lipinski definition) is 3. The summed E-state index contributed by atoms with van der Waals surface area (Å²) in [5.74, 6) is 5.66. The van der Waals surface area contributed by atoms with Crippen LogP contribution in [0.3, 0.4) is 0 Å². The maximum absolute atomic E-state index is 12.1. The van der Waals surface area contributed by atoms with Crippen LogP contribution in [0.15, 0.2) is 6.07 Å². The summed E-state index contributed by atoms with van der Waals surface area (Å²) in [6.45, 7) is 1.16. The smallest absolute Gasteiger partial charge is 0.374 e. The van der Waals surface area contributed by atoms with Crippen LogP contribution in [-0.2, 0) is 11.3 Å². The third kappa shape index (κ3) is 5.15. The molecule has 1 aromatic heterocycles. The summed E-state index contributed by atoms with van der Waals surface area (Å²) in [5.41, 5.74) is 2.25. The first-order chi connectivity index (χ1) is 8.44. The summed E-state index contributed by atoms with van der Waals surface area (Å²) in [6.07, 6.45) is -4.32. The van der Waals surface area contributed by atoms with Gasteiger partial charge in [0.15, 0.2) is 5.82 Å². The quantitative estimate of drug-likeness (QED) is 0.530.